The Bertz CT molecular complexity index is 671. The quantitative estimate of drug-likeness (QED) is 0.734. The summed E-state index contributed by atoms with van der Waals surface area (Å²) in [5.74, 6) is 0.00192. The summed E-state index contributed by atoms with van der Waals surface area (Å²) in [6.45, 7) is 9.94. The number of hydrogen-bond donors (Lipinski definition) is 0. The van der Waals surface area contributed by atoms with Crippen LogP contribution >= 0.6 is 0 Å². The first-order chi connectivity index (χ1) is 11.5. The standard InChI is InChI=1S/C18H30N2O4S/c1-13(2)17(4)6-8-19(9-7-17)16(22)15-5-10-25(23,24)18(15)11-20(12-18)14(3)21/h13,15H,5-12H2,1-4H3. The van der Waals surface area contributed by atoms with Gasteiger partial charge in [0.15, 0.2) is 9.84 Å². The zero-order chi connectivity index (χ0) is 18.6. The minimum atomic E-state index is -3.33. The van der Waals surface area contributed by atoms with Gasteiger partial charge in [0, 0.05) is 33.1 Å². The fourth-order valence-corrected chi connectivity index (χ4v) is 6.89. The molecule has 7 heteroatoms. The third-order valence-electron chi connectivity index (χ3n) is 7.20. The van der Waals surface area contributed by atoms with Crippen LogP contribution in [0.5, 0.6) is 0 Å². The van der Waals surface area contributed by atoms with Crippen molar-refractivity contribution < 1.29 is 18.0 Å². The van der Waals surface area contributed by atoms with Gasteiger partial charge in [-0.05, 0) is 30.6 Å². The summed E-state index contributed by atoms with van der Waals surface area (Å²) >= 11 is 0. The van der Waals surface area contributed by atoms with E-state index in [0.29, 0.717) is 25.4 Å². The highest BCUT2D eigenvalue weighted by atomic mass is 32.2. The Morgan fingerprint density at radius 2 is 1.64 bits per heavy atom. The van der Waals surface area contributed by atoms with Gasteiger partial charge in [0.05, 0.1) is 11.7 Å². The molecule has 3 fully saturated rings. The summed E-state index contributed by atoms with van der Waals surface area (Å²) in [5.41, 5.74) is 0.248. The number of nitrogens with zero attached hydrogens (tertiary/aromatic N) is 2. The number of amides is 2. The van der Waals surface area contributed by atoms with Crippen molar-refractivity contribution >= 4 is 21.7 Å². The van der Waals surface area contributed by atoms with E-state index in [0.717, 1.165) is 12.8 Å². The first-order valence-corrected chi connectivity index (χ1v) is 10.9. The smallest absolute Gasteiger partial charge is 0.227 e. The second-order valence-electron chi connectivity index (χ2n) is 8.73. The van der Waals surface area contributed by atoms with Gasteiger partial charge in [-0.25, -0.2) is 8.42 Å². The van der Waals surface area contributed by atoms with Crippen LogP contribution in [0.25, 0.3) is 0 Å². The van der Waals surface area contributed by atoms with Crippen LogP contribution in [-0.2, 0) is 19.4 Å². The number of likely N-dealkylation sites (tertiary alicyclic amines) is 2. The molecule has 0 radical (unpaired) electrons. The Labute approximate surface area is 150 Å². The lowest BCUT2D eigenvalue weighted by molar-refractivity contribution is -0.145. The summed E-state index contributed by atoms with van der Waals surface area (Å²) in [6.07, 6.45) is 2.32. The molecule has 0 aliphatic carbocycles. The average molecular weight is 371 g/mol. The molecule has 3 rings (SSSR count). The third-order valence-corrected chi connectivity index (χ3v) is 9.76. The fourth-order valence-electron chi connectivity index (χ4n) is 4.58. The van der Waals surface area contributed by atoms with Gasteiger partial charge in [0.1, 0.15) is 4.75 Å². The lowest BCUT2D eigenvalue weighted by Crippen LogP contribution is -2.70. The van der Waals surface area contributed by atoms with Gasteiger partial charge in [-0.3, -0.25) is 9.59 Å². The molecule has 1 unspecified atom stereocenters. The molecule has 3 aliphatic heterocycles. The Morgan fingerprint density at radius 1 is 1.08 bits per heavy atom. The number of carbonyl (C=O) groups excluding carboxylic acids is 2. The summed E-state index contributed by atoms with van der Waals surface area (Å²) < 4.78 is 24.2. The largest absolute Gasteiger partial charge is 0.342 e. The summed E-state index contributed by atoms with van der Waals surface area (Å²) in [7, 11) is -3.33. The molecule has 0 bridgehead atoms. The SMILES string of the molecule is CC(=O)N1CC2(C1)C(C(=O)N1CCC(C)(C(C)C)CC1)CCS2(=O)=O. The van der Waals surface area contributed by atoms with Crippen LogP contribution in [-0.4, -0.2) is 66.7 Å². The van der Waals surface area contributed by atoms with Crippen molar-refractivity contribution in [2.75, 3.05) is 31.9 Å². The third kappa shape index (κ3) is 2.78. The molecule has 3 saturated heterocycles. The van der Waals surface area contributed by atoms with Crippen LogP contribution in [0.3, 0.4) is 0 Å². The molecule has 2 amide bonds. The molecular weight excluding hydrogens is 340 g/mol. The van der Waals surface area contributed by atoms with E-state index in [1.165, 1.54) is 11.8 Å². The molecule has 1 atom stereocenters. The number of sulfone groups is 1. The molecular formula is C18H30N2O4S. The van der Waals surface area contributed by atoms with E-state index in [4.69, 9.17) is 0 Å². The van der Waals surface area contributed by atoms with Crippen molar-refractivity contribution in [1.29, 1.82) is 0 Å². The molecule has 25 heavy (non-hydrogen) atoms. The number of carbonyl (C=O) groups is 2. The highest BCUT2D eigenvalue weighted by Gasteiger charge is 2.64. The summed E-state index contributed by atoms with van der Waals surface area (Å²) in [4.78, 5) is 28.0. The molecule has 0 N–H and O–H groups in total. The van der Waals surface area contributed by atoms with Crippen LogP contribution in [0.2, 0.25) is 0 Å². The van der Waals surface area contributed by atoms with Crippen LogP contribution in [0.4, 0.5) is 0 Å². The zero-order valence-electron chi connectivity index (χ0n) is 15.7. The van der Waals surface area contributed by atoms with E-state index in [2.05, 4.69) is 20.8 Å². The fraction of sp³-hybridized carbons (Fsp3) is 0.889. The molecule has 0 aromatic rings. The first kappa shape index (κ1) is 18.7. The topological polar surface area (TPSA) is 74.8 Å². The van der Waals surface area contributed by atoms with Gasteiger partial charge in [-0.15, -0.1) is 0 Å². The Kier molecular flexibility index (Phi) is 4.45. The van der Waals surface area contributed by atoms with Crippen molar-refractivity contribution in [1.82, 2.24) is 9.80 Å². The van der Waals surface area contributed by atoms with Gasteiger partial charge in [0.2, 0.25) is 11.8 Å². The van der Waals surface area contributed by atoms with Crippen molar-refractivity contribution in [3.05, 3.63) is 0 Å². The van der Waals surface area contributed by atoms with Crippen molar-refractivity contribution in [3.63, 3.8) is 0 Å². The Morgan fingerprint density at radius 3 is 2.12 bits per heavy atom. The summed E-state index contributed by atoms with van der Waals surface area (Å²) in [6, 6.07) is 0. The van der Waals surface area contributed by atoms with Gasteiger partial charge < -0.3 is 9.80 Å². The molecule has 1 spiro atoms. The second kappa shape index (κ2) is 5.96. The first-order valence-electron chi connectivity index (χ1n) is 9.29. The predicted molar refractivity (Wildman–Crippen MR) is 95.6 cm³/mol. The lowest BCUT2D eigenvalue weighted by Gasteiger charge is -2.50. The minimum Gasteiger partial charge on any atom is -0.342 e. The van der Waals surface area contributed by atoms with Crippen LogP contribution < -0.4 is 0 Å². The van der Waals surface area contributed by atoms with Crippen LogP contribution in [0, 0.1) is 17.3 Å². The maximum atomic E-state index is 13.1. The van der Waals surface area contributed by atoms with Crippen molar-refractivity contribution in [2.45, 2.75) is 51.7 Å². The van der Waals surface area contributed by atoms with Crippen LogP contribution in [0.1, 0.15) is 47.0 Å². The molecule has 0 aromatic carbocycles. The van der Waals surface area contributed by atoms with E-state index in [9.17, 15) is 18.0 Å². The highest BCUT2D eigenvalue weighted by molar-refractivity contribution is 7.93. The minimum absolute atomic E-state index is 0.0184. The monoisotopic (exact) mass is 370 g/mol. The second-order valence-corrected chi connectivity index (χ2v) is 11.2. The van der Waals surface area contributed by atoms with E-state index >= 15 is 0 Å². The maximum absolute atomic E-state index is 13.1. The zero-order valence-corrected chi connectivity index (χ0v) is 16.6. The summed E-state index contributed by atoms with van der Waals surface area (Å²) in [5, 5.41) is 0. The van der Waals surface area contributed by atoms with Crippen molar-refractivity contribution in [2.24, 2.45) is 17.3 Å². The Hall–Kier alpha value is -1.11. The molecule has 6 nitrogen and oxygen atoms in total. The van der Waals surface area contributed by atoms with Gasteiger partial charge in [-0.1, -0.05) is 20.8 Å². The molecule has 0 aromatic heterocycles. The van der Waals surface area contributed by atoms with Gasteiger partial charge >= 0.3 is 0 Å². The van der Waals surface area contributed by atoms with E-state index in [1.54, 1.807) is 0 Å². The van der Waals surface area contributed by atoms with Crippen molar-refractivity contribution in [3.8, 4) is 0 Å². The highest BCUT2D eigenvalue weighted by Crippen LogP contribution is 2.46. The normalized spacial score (nSPS) is 29.7. The molecule has 142 valence electrons. The number of hydrogen-bond acceptors (Lipinski definition) is 4. The maximum Gasteiger partial charge on any atom is 0.227 e. The number of piperidine rings is 1. The van der Waals surface area contributed by atoms with Crippen LogP contribution in [0.15, 0.2) is 0 Å². The molecule has 0 saturated carbocycles. The van der Waals surface area contributed by atoms with Gasteiger partial charge in [0.25, 0.3) is 0 Å². The van der Waals surface area contributed by atoms with E-state index in [1.807, 2.05) is 4.90 Å². The average Bonchev–Trinajstić information content (AvgIpc) is 2.76. The van der Waals surface area contributed by atoms with E-state index in [-0.39, 0.29) is 36.1 Å². The van der Waals surface area contributed by atoms with E-state index < -0.39 is 20.5 Å². The predicted octanol–water partition coefficient (Wildman–Crippen LogP) is 1.31. The molecule has 3 heterocycles. The lowest BCUT2D eigenvalue weighted by atomic mass is 9.71. The van der Waals surface area contributed by atoms with Gasteiger partial charge in [-0.2, -0.15) is 0 Å². The molecule has 3 aliphatic rings. The Balaban J connectivity index is 1.74. The number of rotatable bonds is 2.